The number of nitrogens with zero attached hydrogens (tertiary/aromatic N) is 5. The van der Waals surface area contributed by atoms with E-state index in [1.165, 1.54) is 143 Å². The predicted octanol–water partition coefficient (Wildman–Crippen LogP) is 34.7. The number of ether oxygens (including phenoxy) is 5. The van der Waals surface area contributed by atoms with E-state index in [0.717, 1.165) is 131 Å². The van der Waals surface area contributed by atoms with Gasteiger partial charge in [-0.3, -0.25) is 0 Å². The Morgan fingerprint density at radius 2 is 0.492 bits per heavy atom. The van der Waals surface area contributed by atoms with Crippen molar-refractivity contribution in [1.29, 1.82) is 0 Å². The maximum atomic E-state index is 11.9. The Morgan fingerprint density at radius 1 is 0.262 bits per heavy atom. The highest BCUT2D eigenvalue weighted by molar-refractivity contribution is 8.00. The SMILES string of the molecule is CCCCOc1ccc(N2c3ccc(C)cc3Oc3cc(C)ccc32)cc1.CCCCOc1ccc(N2c3ccc(C)cc3Sc3cc(C)ccc32)cc1.CCCCc1ccc(N2c3ccc(C)cc3Sc3cc(C)ccc32)cc1.CCOC(=O)c1ccc(N2c3ccc(C)cc3Oc3cc(C)ccc32)cc1.Cc1ccc(N2c3ccc(C)cc3Sc3cc(C)ccc32)cc1. The van der Waals surface area contributed by atoms with Gasteiger partial charge in [0.15, 0.2) is 23.0 Å². The van der Waals surface area contributed by atoms with Gasteiger partial charge >= 0.3 is 5.97 Å². The largest absolute Gasteiger partial charge is 0.494 e. The van der Waals surface area contributed by atoms with Gasteiger partial charge in [0, 0.05) is 57.8 Å². The topological polar surface area (TPSA) is 79.4 Å². The molecular formula is C116H115N5O6S3. The van der Waals surface area contributed by atoms with Gasteiger partial charge in [-0.2, -0.15) is 0 Å². The van der Waals surface area contributed by atoms with Crippen LogP contribution in [0.25, 0.3) is 0 Å². The lowest BCUT2D eigenvalue weighted by molar-refractivity contribution is 0.0526. The lowest BCUT2D eigenvalue weighted by atomic mass is 10.1. The number of aryl methyl sites for hydroxylation is 12. The third-order valence-corrected chi connectivity index (χ3v) is 26.6. The molecule has 0 saturated heterocycles. The third-order valence-electron chi connectivity index (χ3n) is 23.3. The van der Waals surface area contributed by atoms with E-state index in [1.807, 2.05) is 85.5 Å². The minimum absolute atomic E-state index is 0.307. The van der Waals surface area contributed by atoms with Crippen LogP contribution in [0.1, 0.15) is 143 Å². The average molecular weight is 1770 g/mol. The van der Waals surface area contributed by atoms with Gasteiger partial charge in [0.25, 0.3) is 0 Å². The number of hydrogen-bond donors (Lipinski definition) is 0. The molecule has 0 saturated carbocycles. The Hall–Kier alpha value is -13.0. The Labute approximate surface area is 782 Å². The van der Waals surface area contributed by atoms with Crippen LogP contribution in [-0.2, 0) is 11.2 Å². The lowest BCUT2D eigenvalue weighted by Crippen LogP contribution is -2.16. The highest BCUT2D eigenvalue weighted by Crippen LogP contribution is 2.58. The highest BCUT2D eigenvalue weighted by atomic mass is 32.2. The number of esters is 1. The van der Waals surface area contributed by atoms with Crippen molar-refractivity contribution in [2.75, 3.05) is 44.3 Å². The summed E-state index contributed by atoms with van der Waals surface area (Å²) >= 11 is 5.61. The first-order chi connectivity index (χ1) is 63.1. The fourth-order valence-corrected chi connectivity index (χ4v) is 20.2. The number of carbonyl (C=O) groups is 1. The Morgan fingerprint density at radius 3 is 0.762 bits per heavy atom. The fraction of sp³-hybridized carbons (Fsp3) is 0.216. The molecule has 11 nitrogen and oxygen atoms in total. The van der Waals surface area contributed by atoms with Crippen molar-refractivity contribution in [1.82, 2.24) is 0 Å². The molecule has 0 bridgehead atoms. The van der Waals surface area contributed by atoms with Crippen LogP contribution in [0, 0.1) is 76.2 Å². The molecule has 5 aliphatic heterocycles. The molecule has 130 heavy (non-hydrogen) atoms. The number of unbranched alkanes of at least 4 members (excludes halogenated alkanes) is 3. The Balaban J connectivity index is 0.000000119. The van der Waals surface area contributed by atoms with E-state index in [0.29, 0.717) is 12.2 Å². The first-order valence-corrected chi connectivity index (χ1v) is 47.9. The number of carbonyl (C=O) groups excluding carboxylic acids is 1. The molecule has 14 heteroatoms. The van der Waals surface area contributed by atoms with E-state index in [1.54, 1.807) is 19.1 Å². The molecule has 658 valence electrons. The summed E-state index contributed by atoms with van der Waals surface area (Å²) in [7, 11) is 0. The van der Waals surface area contributed by atoms with Crippen molar-refractivity contribution in [3.05, 3.63) is 376 Å². The molecule has 0 amide bonds. The second kappa shape index (κ2) is 41.2. The van der Waals surface area contributed by atoms with Crippen molar-refractivity contribution in [3.63, 3.8) is 0 Å². The van der Waals surface area contributed by atoms with E-state index in [2.05, 4.69) is 362 Å². The summed E-state index contributed by atoms with van der Waals surface area (Å²) in [5, 5.41) is 0. The molecule has 0 aromatic heterocycles. The van der Waals surface area contributed by atoms with Crippen LogP contribution in [0.2, 0.25) is 0 Å². The minimum Gasteiger partial charge on any atom is -0.494 e. The van der Waals surface area contributed by atoms with Gasteiger partial charge in [-0.05, 0) is 388 Å². The normalized spacial score (nSPS) is 12.4. The summed E-state index contributed by atoms with van der Waals surface area (Å²) in [4.78, 5) is 31.4. The van der Waals surface area contributed by atoms with Crippen LogP contribution < -0.4 is 43.4 Å². The molecular weight excluding hydrogens is 1660 g/mol. The zero-order chi connectivity index (χ0) is 90.6. The molecule has 0 unspecified atom stereocenters. The highest BCUT2D eigenvalue weighted by Gasteiger charge is 2.32. The zero-order valence-corrected chi connectivity index (χ0v) is 79.8. The number of benzene rings is 15. The third kappa shape index (κ3) is 20.8. The van der Waals surface area contributed by atoms with E-state index in [9.17, 15) is 4.79 Å². The predicted molar refractivity (Wildman–Crippen MR) is 546 cm³/mol. The molecule has 0 fully saturated rings. The zero-order valence-electron chi connectivity index (χ0n) is 77.3. The van der Waals surface area contributed by atoms with Gasteiger partial charge in [-0.25, -0.2) is 4.79 Å². The van der Waals surface area contributed by atoms with Gasteiger partial charge in [0.2, 0.25) is 0 Å². The van der Waals surface area contributed by atoms with Crippen LogP contribution in [0.15, 0.2) is 333 Å². The van der Waals surface area contributed by atoms with E-state index in [4.69, 9.17) is 23.7 Å². The van der Waals surface area contributed by atoms with E-state index >= 15 is 0 Å². The van der Waals surface area contributed by atoms with Gasteiger partial charge in [0.1, 0.15) is 11.5 Å². The van der Waals surface area contributed by atoms with Crippen molar-refractivity contribution >= 4 is 127 Å². The smallest absolute Gasteiger partial charge is 0.338 e. The summed E-state index contributed by atoms with van der Waals surface area (Å²) in [5.74, 6) is 4.96. The van der Waals surface area contributed by atoms with Crippen LogP contribution >= 0.6 is 35.3 Å². The maximum Gasteiger partial charge on any atom is 0.338 e. The Kier molecular flexibility index (Phi) is 28.6. The molecule has 0 spiro atoms. The van der Waals surface area contributed by atoms with Crippen molar-refractivity contribution in [2.45, 2.75) is 178 Å². The lowest BCUT2D eigenvalue weighted by Gasteiger charge is -2.33. The molecule has 15 aromatic rings. The summed E-state index contributed by atoms with van der Waals surface area (Å²) < 4.78 is 29.1. The fourth-order valence-electron chi connectivity index (χ4n) is 16.4. The molecule has 5 heterocycles. The molecule has 0 N–H and O–H groups in total. The standard InChI is InChI=1S/C24H25NO2.C24H25NOS.C24H25NS.C23H21NO3.C21H19NS/c2*1-4-5-14-26-20-10-8-19(9-11-20)25-21-12-6-17(2)15-23(21)27-24-16-18(3)7-13-22(24)25;1-4-5-6-19-9-11-20(12-10-19)25-21-13-7-17(2)15-23(21)26-24-16-18(3)8-14-22(24)25;1-4-26-23(25)17-7-9-18(10-8-17)24-19-11-5-15(2)13-21(19)27-22-14-16(3)6-12-20(22)24;1-14-4-8-17(9-5-14)22-18-10-6-15(2)12-20(18)23-21-13-16(3)7-11-19(21)22/h2*6-13,15-16H,4-5,14H2,1-3H3;7-16H,4-6H2,1-3H3;5-14H,4H2,1-3H3;4-13H,1-3H3. The average Bonchev–Trinajstić information content (AvgIpc) is 0.777. The maximum absolute atomic E-state index is 11.9. The minimum atomic E-state index is -0.307. The van der Waals surface area contributed by atoms with Crippen LogP contribution in [-0.4, -0.2) is 25.8 Å². The molecule has 0 radical (unpaired) electrons. The van der Waals surface area contributed by atoms with Crippen LogP contribution in [0.3, 0.4) is 0 Å². The quantitative estimate of drug-likeness (QED) is 0.0604. The van der Waals surface area contributed by atoms with Crippen molar-refractivity contribution in [2.24, 2.45) is 0 Å². The summed E-state index contributed by atoms with van der Waals surface area (Å²) in [6, 6.07) is 108. The van der Waals surface area contributed by atoms with E-state index in [-0.39, 0.29) is 5.97 Å². The second-order valence-corrected chi connectivity index (χ2v) is 37.4. The van der Waals surface area contributed by atoms with Crippen molar-refractivity contribution < 1.29 is 28.5 Å². The van der Waals surface area contributed by atoms with Gasteiger partial charge in [-0.1, -0.05) is 166 Å². The molecule has 0 aliphatic carbocycles. The van der Waals surface area contributed by atoms with Crippen LogP contribution in [0.5, 0.6) is 34.5 Å². The monoisotopic (exact) mass is 1770 g/mol. The van der Waals surface area contributed by atoms with E-state index < -0.39 is 0 Å². The number of rotatable bonds is 18. The number of anilines is 15. The molecule has 15 aromatic carbocycles. The van der Waals surface area contributed by atoms with Crippen LogP contribution in [0.4, 0.5) is 85.3 Å². The molecule has 5 aliphatic rings. The van der Waals surface area contributed by atoms with Gasteiger partial charge < -0.3 is 48.2 Å². The Bertz CT molecular complexity index is 6140. The first kappa shape index (κ1) is 90.4. The summed E-state index contributed by atoms with van der Waals surface area (Å²) in [6.45, 7) is 33.7. The summed E-state index contributed by atoms with van der Waals surface area (Å²) in [6.07, 6.45) is 8.11. The number of hydrogen-bond acceptors (Lipinski definition) is 14. The number of fused-ring (bicyclic) bond motifs is 10. The molecule has 0 atom stereocenters. The van der Waals surface area contributed by atoms with Gasteiger partial charge in [0.05, 0.1) is 82.3 Å². The van der Waals surface area contributed by atoms with Crippen molar-refractivity contribution in [3.8, 4) is 34.5 Å². The second-order valence-electron chi connectivity index (χ2n) is 34.2. The van der Waals surface area contributed by atoms with Gasteiger partial charge in [-0.15, -0.1) is 0 Å². The summed E-state index contributed by atoms with van der Waals surface area (Å²) in [5.41, 5.74) is 33.0. The first-order valence-electron chi connectivity index (χ1n) is 45.5. The molecule has 20 rings (SSSR count).